The van der Waals surface area contributed by atoms with E-state index in [-0.39, 0.29) is 17.7 Å². The Kier molecular flexibility index (Phi) is 2.80. The third kappa shape index (κ3) is 1.86. The zero-order valence-corrected chi connectivity index (χ0v) is 10.7. The van der Waals surface area contributed by atoms with Crippen molar-refractivity contribution in [3.63, 3.8) is 0 Å². The Labute approximate surface area is 115 Å². The largest absolute Gasteiger partial charge is 0.480 e. The van der Waals surface area contributed by atoms with Gasteiger partial charge in [-0.1, -0.05) is 30.3 Å². The molecule has 0 unspecified atom stereocenters. The highest BCUT2D eigenvalue weighted by molar-refractivity contribution is 5.68. The van der Waals surface area contributed by atoms with Crippen molar-refractivity contribution in [2.24, 2.45) is 0 Å². The lowest BCUT2D eigenvalue weighted by Crippen LogP contribution is -2.07. The summed E-state index contributed by atoms with van der Waals surface area (Å²) in [4.78, 5) is 12.2. The van der Waals surface area contributed by atoms with E-state index >= 15 is 0 Å². The molecule has 2 aromatic heterocycles. The number of imidazole rings is 1. The maximum absolute atomic E-state index is 10.0. The highest BCUT2D eigenvalue weighted by Crippen LogP contribution is 2.27. The quantitative estimate of drug-likeness (QED) is 0.765. The molecule has 6 heteroatoms. The lowest BCUT2D eigenvalue weighted by atomic mass is 10.1. The second-order valence-corrected chi connectivity index (χ2v) is 4.38. The Balaban J connectivity index is 2.20. The molecular weight excluding hydrogens is 254 g/mol. The number of hydrogen-bond donors (Lipinski definition) is 1. The summed E-state index contributed by atoms with van der Waals surface area (Å²) < 4.78 is 1.57. The van der Waals surface area contributed by atoms with Gasteiger partial charge in [0.2, 0.25) is 5.65 Å². The summed E-state index contributed by atoms with van der Waals surface area (Å²) >= 11 is 0. The summed E-state index contributed by atoms with van der Waals surface area (Å²) in [7, 11) is 0. The standard InChI is InChI=1S/C14H11N5O/c1-9(10-5-3-2-4-6-10)19-13-12(18-14(19)20)16-8-11(7-15)17-13/h2-6,8-9H,1H3,(H,16,18,20)/t9-/m0/s1. The van der Waals surface area contributed by atoms with Crippen LogP contribution in [0.2, 0.25) is 0 Å². The molecule has 3 aromatic rings. The molecule has 0 aliphatic rings. The van der Waals surface area contributed by atoms with Gasteiger partial charge in [-0.05, 0) is 12.5 Å². The minimum Gasteiger partial charge on any atom is -0.480 e. The van der Waals surface area contributed by atoms with Crippen molar-refractivity contribution in [3.05, 3.63) is 47.8 Å². The van der Waals surface area contributed by atoms with Crippen LogP contribution in [0.4, 0.5) is 0 Å². The Morgan fingerprint density at radius 2 is 2.00 bits per heavy atom. The maximum Gasteiger partial charge on any atom is 0.298 e. The fourth-order valence-electron chi connectivity index (χ4n) is 2.15. The van der Waals surface area contributed by atoms with E-state index in [1.165, 1.54) is 6.20 Å². The molecule has 0 radical (unpaired) electrons. The highest BCUT2D eigenvalue weighted by Gasteiger charge is 2.19. The number of nitriles is 1. The van der Waals surface area contributed by atoms with Crippen molar-refractivity contribution in [2.45, 2.75) is 13.0 Å². The Morgan fingerprint density at radius 1 is 1.25 bits per heavy atom. The number of benzene rings is 1. The second-order valence-electron chi connectivity index (χ2n) is 4.38. The molecule has 0 saturated heterocycles. The zero-order valence-electron chi connectivity index (χ0n) is 10.7. The fraction of sp³-hybridized carbons (Fsp3) is 0.143. The molecule has 3 rings (SSSR count). The third-order valence-electron chi connectivity index (χ3n) is 3.17. The van der Waals surface area contributed by atoms with E-state index in [1.54, 1.807) is 4.57 Å². The zero-order chi connectivity index (χ0) is 14.1. The average Bonchev–Trinajstić information content (AvgIpc) is 2.82. The number of aromatic nitrogens is 4. The first-order valence-electron chi connectivity index (χ1n) is 6.09. The average molecular weight is 265 g/mol. The molecule has 1 atom stereocenters. The molecule has 1 N–H and O–H groups in total. The van der Waals surface area contributed by atoms with Gasteiger partial charge in [-0.15, -0.1) is 0 Å². The van der Waals surface area contributed by atoms with Crippen molar-refractivity contribution >= 4 is 11.3 Å². The van der Waals surface area contributed by atoms with Gasteiger partial charge in [0.25, 0.3) is 6.01 Å². The minimum atomic E-state index is -0.163. The Morgan fingerprint density at radius 3 is 2.70 bits per heavy atom. The van der Waals surface area contributed by atoms with Gasteiger partial charge < -0.3 is 5.11 Å². The second kappa shape index (κ2) is 4.63. The van der Waals surface area contributed by atoms with E-state index in [9.17, 15) is 5.11 Å². The van der Waals surface area contributed by atoms with Gasteiger partial charge in [-0.3, -0.25) is 4.57 Å². The molecule has 2 heterocycles. The van der Waals surface area contributed by atoms with Crippen LogP contribution in [0.1, 0.15) is 24.2 Å². The predicted octanol–water partition coefficient (Wildman–Crippen LogP) is 2.01. The van der Waals surface area contributed by atoms with Crippen LogP contribution in [0.3, 0.4) is 0 Å². The van der Waals surface area contributed by atoms with Crippen LogP contribution in [0, 0.1) is 11.3 Å². The molecule has 0 bridgehead atoms. The fourth-order valence-corrected chi connectivity index (χ4v) is 2.15. The lowest BCUT2D eigenvalue weighted by molar-refractivity contribution is 0.393. The molecule has 0 aliphatic carbocycles. The van der Waals surface area contributed by atoms with E-state index in [0.717, 1.165) is 5.56 Å². The number of fused-ring (bicyclic) bond motifs is 1. The Hall–Kier alpha value is -2.94. The van der Waals surface area contributed by atoms with Gasteiger partial charge in [-0.2, -0.15) is 10.2 Å². The maximum atomic E-state index is 10.0. The van der Waals surface area contributed by atoms with Crippen molar-refractivity contribution in [2.75, 3.05) is 0 Å². The third-order valence-corrected chi connectivity index (χ3v) is 3.17. The predicted molar refractivity (Wildman–Crippen MR) is 72.0 cm³/mol. The highest BCUT2D eigenvalue weighted by atomic mass is 16.3. The van der Waals surface area contributed by atoms with Crippen LogP contribution >= 0.6 is 0 Å². The molecule has 1 aromatic carbocycles. The van der Waals surface area contributed by atoms with Gasteiger partial charge >= 0.3 is 0 Å². The molecule has 20 heavy (non-hydrogen) atoms. The molecule has 0 spiro atoms. The number of hydrogen-bond acceptors (Lipinski definition) is 5. The van der Waals surface area contributed by atoms with Crippen LogP contribution < -0.4 is 0 Å². The van der Waals surface area contributed by atoms with Gasteiger partial charge in [0.1, 0.15) is 6.07 Å². The van der Waals surface area contributed by atoms with Crippen molar-refractivity contribution in [3.8, 4) is 12.1 Å². The van der Waals surface area contributed by atoms with Crippen LogP contribution in [-0.2, 0) is 0 Å². The van der Waals surface area contributed by atoms with E-state index < -0.39 is 0 Å². The van der Waals surface area contributed by atoms with Gasteiger partial charge in [-0.25, -0.2) is 9.97 Å². The first-order chi connectivity index (χ1) is 9.70. The topological polar surface area (TPSA) is 87.6 Å². The Bertz CT molecular complexity index is 804. The van der Waals surface area contributed by atoms with Crippen molar-refractivity contribution in [1.82, 2.24) is 19.5 Å². The first kappa shape index (κ1) is 12.1. The summed E-state index contributed by atoms with van der Waals surface area (Å²) in [5, 5.41) is 18.9. The number of aromatic hydroxyl groups is 1. The van der Waals surface area contributed by atoms with Gasteiger partial charge in [0, 0.05) is 0 Å². The van der Waals surface area contributed by atoms with E-state index in [1.807, 2.05) is 43.3 Å². The monoisotopic (exact) mass is 265 g/mol. The lowest BCUT2D eigenvalue weighted by Gasteiger charge is -2.14. The normalized spacial score (nSPS) is 12.2. The number of rotatable bonds is 2. The van der Waals surface area contributed by atoms with E-state index in [2.05, 4.69) is 15.0 Å². The SMILES string of the molecule is C[C@@H](c1ccccc1)n1c(O)nc2ncc(C#N)nc21. The molecule has 6 nitrogen and oxygen atoms in total. The summed E-state index contributed by atoms with van der Waals surface area (Å²) in [5.41, 5.74) is 1.92. The first-order valence-corrected chi connectivity index (χ1v) is 6.09. The summed E-state index contributed by atoms with van der Waals surface area (Å²) in [5.74, 6) is 0. The molecule has 0 fully saturated rings. The summed E-state index contributed by atoms with van der Waals surface area (Å²) in [6.45, 7) is 1.93. The molecule has 0 saturated carbocycles. The van der Waals surface area contributed by atoms with Crippen LogP contribution in [0.15, 0.2) is 36.5 Å². The van der Waals surface area contributed by atoms with Gasteiger partial charge in [0.15, 0.2) is 11.3 Å². The van der Waals surface area contributed by atoms with E-state index in [0.29, 0.717) is 11.3 Å². The van der Waals surface area contributed by atoms with Crippen LogP contribution in [0.5, 0.6) is 6.01 Å². The smallest absolute Gasteiger partial charge is 0.298 e. The van der Waals surface area contributed by atoms with E-state index in [4.69, 9.17) is 5.26 Å². The molecule has 0 amide bonds. The summed E-state index contributed by atoms with van der Waals surface area (Å²) in [6, 6.07) is 11.3. The van der Waals surface area contributed by atoms with Crippen LogP contribution in [0.25, 0.3) is 11.3 Å². The minimum absolute atomic E-state index is 0.161. The van der Waals surface area contributed by atoms with Gasteiger partial charge in [0.05, 0.1) is 12.2 Å². The molecule has 98 valence electrons. The summed E-state index contributed by atoms with van der Waals surface area (Å²) in [6.07, 6.45) is 1.34. The van der Waals surface area contributed by atoms with Crippen LogP contribution in [-0.4, -0.2) is 24.6 Å². The molecule has 0 aliphatic heterocycles. The molecular formula is C14H11N5O. The number of nitrogens with zero attached hydrogens (tertiary/aromatic N) is 5. The van der Waals surface area contributed by atoms with Crippen molar-refractivity contribution in [1.29, 1.82) is 5.26 Å². The van der Waals surface area contributed by atoms with Crippen molar-refractivity contribution < 1.29 is 5.11 Å².